The zero-order chi connectivity index (χ0) is 9.35. The van der Waals surface area contributed by atoms with Gasteiger partial charge in [-0.25, -0.2) is 0 Å². The van der Waals surface area contributed by atoms with Crippen LogP contribution in [-0.4, -0.2) is 28.8 Å². The van der Waals surface area contributed by atoms with Crippen molar-refractivity contribution in [3.05, 3.63) is 0 Å². The van der Waals surface area contributed by atoms with Crippen molar-refractivity contribution in [3.8, 4) is 0 Å². The van der Waals surface area contributed by atoms with E-state index in [2.05, 4.69) is 4.99 Å². The summed E-state index contributed by atoms with van der Waals surface area (Å²) >= 11 is 0.862. The molecule has 0 amide bonds. The molecule has 0 aromatic heterocycles. The largest absolute Gasteiger partial charge is 0.412 e. The quantitative estimate of drug-likeness (QED) is 0.598. The lowest BCUT2D eigenvalue weighted by Gasteiger charge is -2.14. The second-order valence-electron chi connectivity index (χ2n) is 2.35. The summed E-state index contributed by atoms with van der Waals surface area (Å²) in [4.78, 5) is 13.6. The summed E-state index contributed by atoms with van der Waals surface area (Å²) in [5, 5.41) is -0.778. The maximum Gasteiger partial charge on any atom is 0.412 e. The number of hydrogen-bond acceptors (Lipinski definition) is 3. The Balaban J connectivity index is 2.81. The highest BCUT2D eigenvalue weighted by Crippen LogP contribution is 2.35. The van der Waals surface area contributed by atoms with Gasteiger partial charge in [0, 0.05) is 0 Å². The Kier molecular flexibility index (Phi) is 2.46. The highest BCUT2D eigenvalue weighted by atomic mass is 32.2. The molecule has 2 unspecified atom stereocenters. The number of aldehydes is 1. The van der Waals surface area contributed by atoms with E-state index in [4.69, 9.17) is 0 Å². The van der Waals surface area contributed by atoms with Crippen LogP contribution in [0.5, 0.6) is 0 Å². The van der Waals surface area contributed by atoms with E-state index >= 15 is 0 Å². The lowest BCUT2D eigenvalue weighted by atomic mass is 10.2. The summed E-state index contributed by atoms with van der Waals surface area (Å²) < 4.78 is 36.3. The number of carbonyl (C=O) groups is 1. The van der Waals surface area contributed by atoms with Crippen LogP contribution in [0.2, 0.25) is 0 Å². The summed E-state index contributed by atoms with van der Waals surface area (Å²) in [6.07, 6.45) is -4.11. The molecule has 6 heteroatoms. The minimum absolute atomic E-state index is 0.294. The summed E-state index contributed by atoms with van der Waals surface area (Å²) in [5.74, 6) is 0. The molecule has 68 valence electrons. The van der Waals surface area contributed by atoms with Crippen LogP contribution < -0.4 is 0 Å². The number of carbonyl (C=O) groups excluding carboxylic acids is 1. The van der Waals surface area contributed by atoms with E-state index in [9.17, 15) is 18.0 Å². The number of rotatable bonds is 1. The molecular weight excluding hydrogens is 191 g/mol. The van der Waals surface area contributed by atoms with Gasteiger partial charge in [0.15, 0.2) is 6.04 Å². The van der Waals surface area contributed by atoms with Gasteiger partial charge in [-0.15, -0.1) is 0 Å². The maximum atomic E-state index is 12.1. The summed E-state index contributed by atoms with van der Waals surface area (Å²) in [6.45, 7) is 1.47. The summed E-state index contributed by atoms with van der Waals surface area (Å²) in [5.41, 5.74) is 0. The van der Waals surface area contributed by atoms with Gasteiger partial charge in [-0.05, 0) is 6.92 Å². The molecule has 0 aromatic carbocycles. The molecule has 1 aliphatic rings. The third kappa shape index (κ3) is 1.80. The van der Waals surface area contributed by atoms with E-state index < -0.39 is 17.5 Å². The van der Waals surface area contributed by atoms with E-state index in [0.717, 1.165) is 11.8 Å². The first-order valence-corrected chi connectivity index (χ1v) is 4.06. The number of halogens is 3. The van der Waals surface area contributed by atoms with Crippen LogP contribution in [-0.2, 0) is 4.79 Å². The van der Waals surface area contributed by atoms with Crippen LogP contribution in [0.3, 0.4) is 0 Å². The number of aliphatic imine (C=N–C) groups is 1. The molecule has 0 aliphatic carbocycles. The lowest BCUT2D eigenvalue weighted by Crippen LogP contribution is -2.34. The van der Waals surface area contributed by atoms with Crippen molar-refractivity contribution in [3.63, 3.8) is 0 Å². The molecule has 1 aliphatic heterocycles. The zero-order valence-corrected chi connectivity index (χ0v) is 6.95. The summed E-state index contributed by atoms with van der Waals surface area (Å²) in [7, 11) is 0. The SMILES string of the molecule is CC1=NC(C(F)(F)F)C(C=O)S1. The van der Waals surface area contributed by atoms with E-state index in [1.54, 1.807) is 0 Å². The van der Waals surface area contributed by atoms with Gasteiger partial charge in [0.2, 0.25) is 0 Å². The average Bonchev–Trinajstić information content (AvgIpc) is 2.29. The molecule has 0 bridgehead atoms. The predicted octanol–water partition coefficient (Wildman–Crippen LogP) is 1.65. The highest BCUT2D eigenvalue weighted by molar-refractivity contribution is 8.15. The van der Waals surface area contributed by atoms with Crippen molar-refractivity contribution >= 4 is 23.1 Å². The topological polar surface area (TPSA) is 29.4 Å². The Morgan fingerprint density at radius 1 is 1.58 bits per heavy atom. The first-order valence-electron chi connectivity index (χ1n) is 3.18. The number of alkyl halides is 3. The summed E-state index contributed by atoms with van der Waals surface area (Å²) in [6, 6.07) is -1.85. The molecule has 1 heterocycles. The number of nitrogens with zero attached hydrogens (tertiary/aromatic N) is 1. The van der Waals surface area contributed by atoms with E-state index in [0.29, 0.717) is 11.3 Å². The molecule has 2 nitrogen and oxygen atoms in total. The van der Waals surface area contributed by atoms with Crippen LogP contribution in [0.25, 0.3) is 0 Å². The average molecular weight is 197 g/mol. The fraction of sp³-hybridized carbons (Fsp3) is 0.667. The van der Waals surface area contributed by atoms with Crippen molar-refractivity contribution in [1.82, 2.24) is 0 Å². The fourth-order valence-corrected chi connectivity index (χ4v) is 1.89. The fourth-order valence-electron chi connectivity index (χ4n) is 0.923. The van der Waals surface area contributed by atoms with Crippen LogP contribution in [0, 0.1) is 0 Å². The standard InChI is InChI=1S/C6H6F3NOS/c1-3-10-5(6(7,8)9)4(2-11)12-3/h2,4-5H,1H3. The van der Waals surface area contributed by atoms with Crippen molar-refractivity contribution in [1.29, 1.82) is 0 Å². The van der Waals surface area contributed by atoms with Gasteiger partial charge in [-0.1, -0.05) is 11.8 Å². The minimum atomic E-state index is -4.41. The Bertz CT molecular complexity index is 225. The molecule has 0 radical (unpaired) electrons. The molecule has 0 aromatic rings. The van der Waals surface area contributed by atoms with Gasteiger partial charge in [0.25, 0.3) is 0 Å². The zero-order valence-electron chi connectivity index (χ0n) is 6.13. The number of thioether (sulfide) groups is 1. The van der Waals surface area contributed by atoms with Gasteiger partial charge in [-0.2, -0.15) is 13.2 Å². The highest BCUT2D eigenvalue weighted by Gasteiger charge is 2.48. The molecule has 1 rings (SSSR count). The van der Waals surface area contributed by atoms with Crippen molar-refractivity contribution in [2.75, 3.05) is 0 Å². The van der Waals surface area contributed by atoms with Crippen LogP contribution in [0.15, 0.2) is 4.99 Å². The first kappa shape index (κ1) is 9.57. The number of hydrogen-bond donors (Lipinski definition) is 0. The van der Waals surface area contributed by atoms with Crippen LogP contribution >= 0.6 is 11.8 Å². The minimum Gasteiger partial charge on any atom is -0.302 e. The van der Waals surface area contributed by atoms with Crippen molar-refractivity contribution in [2.45, 2.75) is 24.4 Å². The van der Waals surface area contributed by atoms with Gasteiger partial charge < -0.3 is 4.79 Å². The Morgan fingerprint density at radius 3 is 2.50 bits per heavy atom. The molecule has 2 atom stereocenters. The first-order chi connectivity index (χ1) is 5.45. The van der Waals surface area contributed by atoms with Gasteiger partial charge >= 0.3 is 6.18 Å². The van der Waals surface area contributed by atoms with Crippen LogP contribution in [0.1, 0.15) is 6.92 Å². The second kappa shape index (κ2) is 3.08. The van der Waals surface area contributed by atoms with Crippen LogP contribution in [0.4, 0.5) is 13.2 Å². The molecular formula is C6H6F3NOS. The Labute approximate surface area is 71.2 Å². The third-order valence-electron chi connectivity index (χ3n) is 1.41. The Morgan fingerprint density at radius 2 is 2.17 bits per heavy atom. The second-order valence-corrected chi connectivity index (χ2v) is 3.72. The van der Waals surface area contributed by atoms with Gasteiger partial charge in [-0.3, -0.25) is 4.99 Å². The van der Waals surface area contributed by atoms with Crippen molar-refractivity contribution < 1.29 is 18.0 Å². The third-order valence-corrected chi connectivity index (χ3v) is 2.50. The maximum absolute atomic E-state index is 12.1. The Hall–Kier alpha value is -0.520. The smallest absolute Gasteiger partial charge is 0.302 e. The van der Waals surface area contributed by atoms with Crippen molar-refractivity contribution in [2.24, 2.45) is 4.99 Å². The lowest BCUT2D eigenvalue weighted by molar-refractivity contribution is -0.148. The van der Waals surface area contributed by atoms with Gasteiger partial charge in [0.1, 0.15) is 6.29 Å². The molecule has 0 N–H and O–H groups in total. The predicted molar refractivity (Wildman–Crippen MR) is 40.4 cm³/mol. The molecule has 0 saturated heterocycles. The normalized spacial score (nSPS) is 30.2. The molecule has 12 heavy (non-hydrogen) atoms. The van der Waals surface area contributed by atoms with E-state index in [1.807, 2.05) is 0 Å². The van der Waals surface area contributed by atoms with E-state index in [1.165, 1.54) is 6.92 Å². The van der Waals surface area contributed by atoms with Gasteiger partial charge in [0.05, 0.1) is 10.3 Å². The van der Waals surface area contributed by atoms with E-state index in [-0.39, 0.29) is 0 Å². The monoisotopic (exact) mass is 197 g/mol. The molecule has 0 saturated carbocycles. The molecule has 0 fully saturated rings. The molecule has 0 spiro atoms.